The van der Waals surface area contributed by atoms with Gasteiger partial charge in [-0.3, -0.25) is 9.63 Å². The Hall–Kier alpha value is -2.67. The van der Waals surface area contributed by atoms with Crippen LogP contribution in [0.5, 0.6) is 0 Å². The van der Waals surface area contributed by atoms with Gasteiger partial charge < -0.3 is 9.15 Å². The predicted molar refractivity (Wildman–Crippen MR) is 120 cm³/mol. The molecule has 0 bridgehead atoms. The lowest BCUT2D eigenvalue weighted by molar-refractivity contribution is -0.135. The van der Waals surface area contributed by atoms with Gasteiger partial charge in [0.05, 0.1) is 13.2 Å². The van der Waals surface area contributed by atoms with Crippen LogP contribution in [-0.2, 0) is 21.0 Å². The van der Waals surface area contributed by atoms with E-state index in [9.17, 15) is 9.59 Å². The molecule has 1 aromatic heterocycles. The van der Waals surface area contributed by atoms with Gasteiger partial charge in [-0.25, -0.2) is 15.3 Å². The molecule has 1 atom stereocenters. The molecule has 2 aromatic rings. The molecule has 1 aromatic carbocycles. The number of aromatic nitrogens is 1. The molecule has 1 amide bonds. The summed E-state index contributed by atoms with van der Waals surface area (Å²) in [6, 6.07) is 9.65. The first-order valence-corrected chi connectivity index (χ1v) is 11.7. The molecule has 7 heteroatoms. The van der Waals surface area contributed by atoms with Crippen molar-refractivity contribution in [1.82, 2.24) is 10.5 Å². The zero-order valence-corrected chi connectivity index (χ0v) is 18.9. The Balaban J connectivity index is 1.55. The van der Waals surface area contributed by atoms with Crippen molar-refractivity contribution in [2.24, 2.45) is 5.92 Å². The van der Waals surface area contributed by atoms with Crippen molar-refractivity contribution in [1.29, 1.82) is 0 Å². The molecule has 174 valence electrons. The SMILES string of the molecule is CCOC(=O)c1coc([C@H](CCCC2CCCCC2)CC(=O)NOCc2ccccc2)n1. The van der Waals surface area contributed by atoms with Crippen LogP contribution in [-0.4, -0.2) is 23.5 Å². The standard InChI is InChI=1S/C25H34N2O5/c1-2-30-25(29)22-18-31-24(26-22)21(15-9-14-19-10-5-3-6-11-19)16-23(28)27-32-17-20-12-7-4-8-13-20/h4,7-8,12-13,18-19,21H,2-3,5-6,9-11,14-17H2,1H3,(H,27,28)/t21-/m1/s1. The minimum Gasteiger partial charge on any atom is -0.461 e. The molecular formula is C25H34N2O5. The van der Waals surface area contributed by atoms with Gasteiger partial charge in [0.1, 0.15) is 6.26 Å². The van der Waals surface area contributed by atoms with E-state index in [-0.39, 0.29) is 30.5 Å². The molecule has 0 saturated heterocycles. The molecule has 3 rings (SSSR count). The number of benzene rings is 1. The zero-order valence-electron chi connectivity index (χ0n) is 18.9. The molecule has 1 fully saturated rings. The number of carbonyl (C=O) groups is 2. The first-order chi connectivity index (χ1) is 15.7. The summed E-state index contributed by atoms with van der Waals surface area (Å²) in [6.45, 7) is 2.31. The maximum atomic E-state index is 12.5. The summed E-state index contributed by atoms with van der Waals surface area (Å²) in [5, 5.41) is 0. The minimum atomic E-state index is -0.515. The smallest absolute Gasteiger partial charge is 0.360 e. The number of hydrogen-bond donors (Lipinski definition) is 1. The Kier molecular flexibility index (Phi) is 9.75. The number of carbonyl (C=O) groups excluding carboxylic acids is 2. The third-order valence-corrected chi connectivity index (χ3v) is 5.94. The van der Waals surface area contributed by atoms with Gasteiger partial charge in [-0.2, -0.15) is 0 Å². The topological polar surface area (TPSA) is 90.7 Å². The number of amides is 1. The fourth-order valence-corrected chi connectivity index (χ4v) is 4.26. The fraction of sp³-hybridized carbons (Fsp3) is 0.560. The van der Waals surface area contributed by atoms with Crippen LogP contribution in [0.3, 0.4) is 0 Å². The Labute approximate surface area is 189 Å². The number of rotatable bonds is 12. The van der Waals surface area contributed by atoms with Gasteiger partial charge in [0.15, 0.2) is 11.6 Å². The van der Waals surface area contributed by atoms with Crippen molar-refractivity contribution in [3.05, 3.63) is 53.7 Å². The second kappa shape index (κ2) is 13.0. The van der Waals surface area contributed by atoms with Gasteiger partial charge in [-0.15, -0.1) is 0 Å². The average Bonchev–Trinajstić information content (AvgIpc) is 3.30. The molecule has 0 unspecified atom stereocenters. The molecule has 0 aliphatic heterocycles. The molecule has 0 radical (unpaired) electrons. The Morgan fingerprint density at radius 2 is 1.97 bits per heavy atom. The maximum Gasteiger partial charge on any atom is 0.360 e. The number of hydroxylamine groups is 1. The molecule has 1 aliphatic carbocycles. The lowest BCUT2D eigenvalue weighted by atomic mass is 9.84. The van der Waals surface area contributed by atoms with Gasteiger partial charge in [0.2, 0.25) is 5.91 Å². The van der Waals surface area contributed by atoms with E-state index in [1.165, 1.54) is 38.4 Å². The Bertz CT molecular complexity index is 830. The Morgan fingerprint density at radius 1 is 1.19 bits per heavy atom. The summed E-state index contributed by atoms with van der Waals surface area (Å²) >= 11 is 0. The summed E-state index contributed by atoms with van der Waals surface area (Å²) in [5.41, 5.74) is 3.64. The number of esters is 1. The molecular weight excluding hydrogens is 408 g/mol. The first-order valence-electron chi connectivity index (χ1n) is 11.7. The Morgan fingerprint density at radius 3 is 2.72 bits per heavy atom. The van der Waals surface area contributed by atoms with Crippen LogP contribution in [0.4, 0.5) is 0 Å². The van der Waals surface area contributed by atoms with Crippen molar-refractivity contribution >= 4 is 11.9 Å². The summed E-state index contributed by atoms with van der Waals surface area (Å²) in [5.74, 6) is 0.197. The number of hydrogen-bond acceptors (Lipinski definition) is 6. The lowest BCUT2D eigenvalue weighted by Gasteiger charge is -2.22. The largest absolute Gasteiger partial charge is 0.461 e. The van der Waals surface area contributed by atoms with Gasteiger partial charge in [0, 0.05) is 12.3 Å². The van der Waals surface area contributed by atoms with E-state index in [0.29, 0.717) is 12.5 Å². The summed E-state index contributed by atoms with van der Waals surface area (Å²) in [7, 11) is 0. The predicted octanol–water partition coefficient (Wildman–Crippen LogP) is 5.32. The third kappa shape index (κ3) is 7.79. The van der Waals surface area contributed by atoms with Crippen LogP contribution in [0.1, 0.15) is 92.6 Å². The van der Waals surface area contributed by atoms with E-state index < -0.39 is 5.97 Å². The number of ether oxygens (including phenoxy) is 1. The second-order valence-corrected chi connectivity index (χ2v) is 8.43. The van der Waals surface area contributed by atoms with Crippen molar-refractivity contribution in [2.75, 3.05) is 6.61 Å². The highest BCUT2D eigenvalue weighted by atomic mass is 16.6. The average molecular weight is 443 g/mol. The monoisotopic (exact) mass is 442 g/mol. The van der Waals surface area contributed by atoms with Crippen LogP contribution in [0.2, 0.25) is 0 Å². The van der Waals surface area contributed by atoms with Crippen LogP contribution >= 0.6 is 0 Å². The minimum absolute atomic E-state index is 0.139. The van der Waals surface area contributed by atoms with Crippen molar-refractivity contribution in [3.63, 3.8) is 0 Å². The van der Waals surface area contributed by atoms with E-state index in [4.69, 9.17) is 14.0 Å². The van der Waals surface area contributed by atoms with Crippen LogP contribution < -0.4 is 5.48 Å². The highest BCUT2D eigenvalue weighted by molar-refractivity contribution is 5.86. The molecule has 1 N–H and O–H groups in total. The van der Waals surface area contributed by atoms with Gasteiger partial charge in [-0.1, -0.05) is 75.3 Å². The number of nitrogens with one attached hydrogen (secondary N) is 1. The molecule has 1 aliphatic rings. The number of nitrogens with zero attached hydrogens (tertiary/aromatic N) is 1. The van der Waals surface area contributed by atoms with Gasteiger partial charge in [0.25, 0.3) is 0 Å². The van der Waals surface area contributed by atoms with E-state index in [2.05, 4.69) is 10.5 Å². The van der Waals surface area contributed by atoms with E-state index in [1.54, 1.807) is 6.92 Å². The van der Waals surface area contributed by atoms with E-state index >= 15 is 0 Å². The van der Waals surface area contributed by atoms with Crippen molar-refractivity contribution in [2.45, 2.75) is 77.2 Å². The quantitative estimate of drug-likeness (QED) is 0.353. The molecule has 7 nitrogen and oxygen atoms in total. The van der Waals surface area contributed by atoms with Gasteiger partial charge in [-0.05, 0) is 24.8 Å². The van der Waals surface area contributed by atoms with E-state index in [1.807, 2.05) is 30.3 Å². The fourth-order valence-electron chi connectivity index (χ4n) is 4.26. The summed E-state index contributed by atoms with van der Waals surface area (Å²) in [4.78, 5) is 34.2. The van der Waals surface area contributed by atoms with Crippen molar-refractivity contribution < 1.29 is 23.6 Å². The molecule has 1 saturated carbocycles. The van der Waals surface area contributed by atoms with Crippen LogP contribution in [0.15, 0.2) is 41.0 Å². The summed E-state index contributed by atoms with van der Waals surface area (Å²) < 4.78 is 10.6. The molecule has 32 heavy (non-hydrogen) atoms. The third-order valence-electron chi connectivity index (χ3n) is 5.94. The van der Waals surface area contributed by atoms with Crippen molar-refractivity contribution in [3.8, 4) is 0 Å². The molecule has 0 spiro atoms. The second-order valence-electron chi connectivity index (χ2n) is 8.43. The highest BCUT2D eigenvalue weighted by Gasteiger charge is 2.24. The van der Waals surface area contributed by atoms with Crippen LogP contribution in [0.25, 0.3) is 0 Å². The van der Waals surface area contributed by atoms with Crippen LogP contribution in [0, 0.1) is 5.92 Å². The first kappa shape index (κ1) is 24.0. The van der Waals surface area contributed by atoms with E-state index in [0.717, 1.165) is 30.7 Å². The van der Waals surface area contributed by atoms with Gasteiger partial charge >= 0.3 is 5.97 Å². The number of oxazole rings is 1. The normalized spacial score (nSPS) is 15.3. The maximum absolute atomic E-state index is 12.5. The highest BCUT2D eigenvalue weighted by Crippen LogP contribution is 2.31. The summed E-state index contributed by atoms with van der Waals surface area (Å²) in [6.07, 6.45) is 11.0. The zero-order chi connectivity index (χ0) is 22.6. The lowest BCUT2D eigenvalue weighted by Crippen LogP contribution is -2.25. The molecule has 1 heterocycles.